The number of aromatic nitrogens is 1. The number of benzene rings is 2. The summed E-state index contributed by atoms with van der Waals surface area (Å²) in [7, 11) is 0. The first-order valence-corrected chi connectivity index (χ1v) is 11.5. The van der Waals surface area contributed by atoms with Crippen LogP contribution in [0.2, 0.25) is 0 Å². The van der Waals surface area contributed by atoms with Crippen molar-refractivity contribution in [3.63, 3.8) is 0 Å². The first-order valence-electron chi connectivity index (χ1n) is 10.6. The number of nitrogens with zero attached hydrogens (tertiary/aromatic N) is 2. The highest BCUT2D eigenvalue weighted by molar-refractivity contribution is 7.13. The summed E-state index contributed by atoms with van der Waals surface area (Å²) in [4.78, 5) is 19.4. The van der Waals surface area contributed by atoms with Crippen molar-refractivity contribution in [3.05, 3.63) is 76.8 Å². The van der Waals surface area contributed by atoms with E-state index >= 15 is 0 Å². The molecule has 0 spiro atoms. The van der Waals surface area contributed by atoms with E-state index in [9.17, 15) is 18.0 Å². The summed E-state index contributed by atoms with van der Waals surface area (Å²) in [6.45, 7) is 2.58. The fraction of sp³-hybridized carbons (Fsp3) is 0.333. The second-order valence-electron chi connectivity index (χ2n) is 7.87. The standard InChI is InChI=1S/C24H24F3N3OS/c25-24(26,27)19-10-8-18(9-11-19)23-29-20(16-32-23)14-22(31)28-15-21(30-12-4-5-13-30)17-6-2-1-3-7-17/h1-3,6-11,16,21H,4-5,12-15H2,(H,28,31). The molecule has 8 heteroatoms. The fourth-order valence-corrected chi connectivity index (χ4v) is 4.77. The zero-order chi connectivity index (χ0) is 22.6. The predicted molar refractivity (Wildman–Crippen MR) is 119 cm³/mol. The molecule has 0 aliphatic carbocycles. The Bertz CT molecular complexity index is 1030. The molecule has 2 aromatic carbocycles. The molecule has 1 N–H and O–H groups in total. The van der Waals surface area contributed by atoms with E-state index in [2.05, 4.69) is 27.3 Å². The van der Waals surface area contributed by atoms with Gasteiger partial charge >= 0.3 is 6.18 Å². The van der Waals surface area contributed by atoms with E-state index in [1.165, 1.54) is 41.9 Å². The number of likely N-dealkylation sites (tertiary alicyclic amines) is 1. The number of nitrogens with one attached hydrogen (secondary N) is 1. The van der Waals surface area contributed by atoms with E-state index in [0.29, 0.717) is 22.8 Å². The average Bonchev–Trinajstić information content (AvgIpc) is 3.47. The lowest BCUT2D eigenvalue weighted by Gasteiger charge is -2.28. The SMILES string of the molecule is O=C(Cc1csc(-c2ccc(C(F)(F)F)cc2)n1)NCC(c1ccccc1)N1CCCC1. The number of halogens is 3. The number of carbonyl (C=O) groups excluding carboxylic acids is 1. The third kappa shape index (κ3) is 5.55. The van der Waals surface area contributed by atoms with Gasteiger partial charge in [0.25, 0.3) is 0 Å². The van der Waals surface area contributed by atoms with Gasteiger partial charge in [0.2, 0.25) is 5.91 Å². The van der Waals surface area contributed by atoms with Gasteiger partial charge in [0, 0.05) is 17.5 Å². The molecule has 4 rings (SSSR count). The smallest absolute Gasteiger partial charge is 0.354 e. The van der Waals surface area contributed by atoms with Crippen molar-refractivity contribution < 1.29 is 18.0 Å². The molecule has 0 saturated carbocycles. The third-order valence-corrected chi connectivity index (χ3v) is 6.55. The minimum absolute atomic E-state index is 0.116. The van der Waals surface area contributed by atoms with Crippen LogP contribution in [0, 0.1) is 0 Å². The topological polar surface area (TPSA) is 45.2 Å². The molecule has 168 valence electrons. The van der Waals surface area contributed by atoms with Crippen LogP contribution in [0.15, 0.2) is 60.0 Å². The van der Waals surface area contributed by atoms with Crippen LogP contribution in [0.1, 0.15) is 35.7 Å². The summed E-state index contributed by atoms with van der Waals surface area (Å²) in [6, 6.07) is 15.2. The van der Waals surface area contributed by atoms with Crippen LogP contribution in [0.25, 0.3) is 10.6 Å². The Morgan fingerprint density at radius 1 is 1.06 bits per heavy atom. The molecule has 1 atom stereocenters. The summed E-state index contributed by atoms with van der Waals surface area (Å²) in [5.74, 6) is -0.116. The highest BCUT2D eigenvalue weighted by Gasteiger charge is 2.30. The first-order chi connectivity index (χ1) is 15.4. The zero-order valence-electron chi connectivity index (χ0n) is 17.4. The molecule has 1 aromatic heterocycles. The summed E-state index contributed by atoms with van der Waals surface area (Å²) in [6.07, 6.45) is -1.89. The summed E-state index contributed by atoms with van der Waals surface area (Å²) in [5.41, 5.74) is 1.71. The number of rotatable bonds is 7. The van der Waals surface area contributed by atoms with Crippen LogP contribution in [0.4, 0.5) is 13.2 Å². The second kappa shape index (κ2) is 9.83. The summed E-state index contributed by atoms with van der Waals surface area (Å²) < 4.78 is 38.2. The minimum Gasteiger partial charge on any atom is -0.354 e. The Labute approximate surface area is 189 Å². The monoisotopic (exact) mass is 459 g/mol. The zero-order valence-corrected chi connectivity index (χ0v) is 18.3. The quantitative estimate of drug-likeness (QED) is 0.520. The van der Waals surface area contributed by atoms with Gasteiger partial charge in [-0.2, -0.15) is 13.2 Å². The molecule has 1 amide bonds. The Balaban J connectivity index is 1.36. The molecular formula is C24H24F3N3OS. The molecule has 4 nitrogen and oxygen atoms in total. The highest BCUT2D eigenvalue weighted by Crippen LogP contribution is 2.32. The van der Waals surface area contributed by atoms with Crippen LogP contribution < -0.4 is 5.32 Å². The second-order valence-corrected chi connectivity index (χ2v) is 8.73. The van der Waals surface area contributed by atoms with Crippen LogP contribution in [0.3, 0.4) is 0 Å². The van der Waals surface area contributed by atoms with E-state index < -0.39 is 11.7 Å². The van der Waals surface area contributed by atoms with E-state index in [0.717, 1.165) is 25.2 Å². The number of hydrogen-bond acceptors (Lipinski definition) is 4. The van der Waals surface area contributed by atoms with Gasteiger partial charge in [-0.05, 0) is 43.6 Å². The molecule has 0 bridgehead atoms. The Kier molecular flexibility index (Phi) is 6.91. The maximum atomic E-state index is 12.7. The van der Waals surface area contributed by atoms with Gasteiger partial charge in [-0.1, -0.05) is 42.5 Å². The first kappa shape index (κ1) is 22.5. The van der Waals surface area contributed by atoms with E-state index in [1.807, 2.05) is 18.2 Å². The van der Waals surface area contributed by atoms with Gasteiger partial charge in [-0.3, -0.25) is 9.69 Å². The molecular weight excluding hydrogens is 435 g/mol. The lowest BCUT2D eigenvalue weighted by atomic mass is 10.1. The van der Waals surface area contributed by atoms with Crippen molar-refractivity contribution in [2.75, 3.05) is 19.6 Å². The van der Waals surface area contributed by atoms with E-state index in [4.69, 9.17) is 0 Å². The highest BCUT2D eigenvalue weighted by atomic mass is 32.1. The molecule has 1 saturated heterocycles. The largest absolute Gasteiger partial charge is 0.416 e. The number of hydrogen-bond donors (Lipinski definition) is 1. The number of thiazole rings is 1. The van der Waals surface area contributed by atoms with Gasteiger partial charge in [0.15, 0.2) is 0 Å². The molecule has 32 heavy (non-hydrogen) atoms. The van der Waals surface area contributed by atoms with E-state index in [-0.39, 0.29) is 18.4 Å². The summed E-state index contributed by atoms with van der Waals surface area (Å²) >= 11 is 1.32. The van der Waals surface area contributed by atoms with E-state index in [1.54, 1.807) is 5.38 Å². The number of amides is 1. The van der Waals surface area contributed by atoms with Crippen molar-refractivity contribution in [3.8, 4) is 10.6 Å². The molecule has 2 heterocycles. The van der Waals surface area contributed by atoms with Gasteiger partial charge in [-0.25, -0.2) is 4.98 Å². The van der Waals surface area contributed by atoms with Crippen LogP contribution in [-0.2, 0) is 17.4 Å². The molecule has 3 aromatic rings. The van der Waals surface area contributed by atoms with Gasteiger partial charge < -0.3 is 5.32 Å². The van der Waals surface area contributed by atoms with Crippen molar-refractivity contribution in [2.45, 2.75) is 31.5 Å². The molecule has 1 aliphatic rings. The molecule has 1 unspecified atom stereocenters. The number of alkyl halides is 3. The van der Waals surface area contributed by atoms with Crippen LogP contribution >= 0.6 is 11.3 Å². The maximum Gasteiger partial charge on any atom is 0.416 e. The Morgan fingerprint density at radius 3 is 2.41 bits per heavy atom. The van der Waals surface area contributed by atoms with Crippen LogP contribution in [0.5, 0.6) is 0 Å². The van der Waals surface area contributed by atoms with Crippen molar-refractivity contribution >= 4 is 17.2 Å². The summed E-state index contributed by atoms with van der Waals surface area (Å²) in [5, 5.41) is 5.42. The molecule has 1 aliphatic heterocycles. The fourth-order valence-electron chi connectivity index (χ4n) is 3.95. The van der Waals surface area contributed by atoms with Crippen molar-refractivity contribution in [1.82, 2.24) is 15.2 Å². The predicted octanol–water partition coefficient (Wildman–Crippen LogP) is 5.32. The Hall–Kier alpha value is -2.71. The average molecular weight is 460 g/mol. The minimum atomic E-state index is -4.36. The van der Waals surface area contributed by atoms with Crippen LogP contribution in [-0.4, -0.2) is 35.4 Å². The van der Waals surface area contributed by atoms with Crippen molar-refractivity contribution in [1.29, 1.82) is 0 Å². The third-order valence-electron chi connectivity index (χ3n) is 5.61. The van der Waals surface area contributed by atoms with Gasteiger partial charge in [0.1, 0.15) is 5.01 Å². The Morgan fingerprint density at radius 2 is 1.75 bits per heavy atom. The van der Waals surface area contributed by atoms with Gasteiger partial charge in [0.05, 0.1) is 23.7 Å². The lowest BCUT2D eigenvalue weighted by Crippen LogP contribution is -2.37. The lowest BCUT2D eigenvalue weighted by molar-refractivity contribution is -0.137. The van der Waals surface area contributed by atoms with Crippen molar-refractivity contribution in [2.24, 2.45) is 0 Å². The number of carbonyl (C=O) groups is 1. The normalized spacial score (nSPS) is 15.6. The molecule has 1 fully saturated rings. The molecule has 0 radical (unpaired) electrons. The van der Waals surface area contributed by atoms with Gasteiger partial charge in [-0.15, -0.1) is 11.3 Å². The maximum absolute atomic E-state index is 12.7.